The van der Waals surface area contributed by atoms with Gasteiger partial charge in [0.05, 0.1) is 0 Å². The monoisotopic (exact) mass is 260 g/mol. The van der Waals surface area contributed by atoms with E-state index in [0.717, 1.165) is 18.4 Å². The van der Waals surface area contributed by atoms with E-state index in [1.54, 1.807) is 11.8 Å². The fourth-order valence-electron chi connectivity index (χ4n) is 1.92. The van der Waals surface area contributed by atoms with Crippen molar-refractivity contribution in [3.05, 3.63) is 35.9 Å². The summed E-state index contributed by atoms with van der Waals surface area (Å²) in [5.41, 5.74) is 1.08. The summed E-state index contributed by atoms with van der Waals surface area (Å²) in [6, 6.07) is 10.2. The molecule has 2 amide bonds. The smallest absolute Gasteiger partial charge is 0.221 e. The van der Waals surface area contributed by atoms with Crippen molar-refractivity contribution in [2.24, 2.45) is 0 Å². The number of hydrogen-bond donors (Lipinski definition) is 1. The fourth-order valence-corrected chi connectivity index (χ4v) is 1.92. The minimum atomic E-state index is 0.00285. The molecule has 0 aliphatic heterocycles. The van der Waals surface area contributed by atoms with Crippen molar-refractivity contribution >= 4 is 11.8 Å². The molecule has 0 atom stereocenters. The minimum absolute atomic E-state index is 0.00285. The number of hydrogen-bond acceptors (Lipinski definition) is 2. The van der Waals surface area contributed by atoms with Crippen molar-refractivity contribution in [3.63, 3.8) is 0 Å². The predicted molar refractivity (Wildman–Crippen MR) is 73.3 cm³/mol. The quantitative estimate of drug-likeness (QED) is 0.846. The van der Waals surface area contributed by atoms with Crippen LogP contribution in [0.3, 0.4) is 0 Å². The molecule has 1 aromatic rings. The van der Waals surface area contributed by atoms with Gasteiger partial charge in [0.15, 0.2) is 0 Å². The van der Waals surface area contributed by atoms with Gasteiger partial charge in [-0.1, -0.05) is 30.3 Å². The van der Waals surface area contributed by atoms with E-state index in [9.17, 15) is 9.59 Å². The summed E-state index contributed by atoms with van der Waals surface area (Å²) in [6.45, 7) is 2.58. The van der Waals surface area contributed by atoms with Crippen LogP contribution in [-0.2, 0) is 16.1 Å². The number of carbonyl (C=O) groups excluding carboxylic acids is 2. The van der Waals surface area contributed by atoms with Crippen molar-refractivity contribution in [1.82, 2.24) is 10.2 Å². The van der Waals surface area contributed by atoms with E-state index < -0.39 is 0 Å². The maximum atomic E-state index is 11.6. The Bertz CT molecular complexity index is 441. The van der Waals surface area contributed by atoms with Crippen LogP contribution in [0, 0.1) is 0 Å². The first-order valence-electron chi connectivity index (χ1n) is 6.74. The Morgan fingerprint density at radius 1 is 1.26 bits per heavy atom. The van der Waals surface area contributed by atoms with Crippen molar-refractivity contribution in [2.45, 2.75) is 38.8 Å². The van der Waals surface area contributed by atoms with E-state index in [4.69, 9.17) is 0 Å². The third kappa shape index (κ3) is 4.73. The Morgan fingerprint density at radius 3 is 2.53 bits per heavy atom. The Hall–Kier alpha value is -1.84. The number of carbonyl (C=O) groups is 2. The van der Waals surface area contributed by atoms with E-state index in [0.29, 0.717) is 25.6 Å². The average molecular weight is 260 g/mol. The van der Waals surface area contributed by atoms with E-state index in [1.165, 1.54) is 0 Å². The Labute approximate surface area is 113 Å². The van der Waals surface area contributed by atoms with Crippen LogP contribution in [0.5, 0.6) is 0 Å². The summed E-state index contributed by atoms with van der Waals surface area (Å²) in [4.78, 5) is 24.9. The van der Waals surface area contributed by atoms with Crippen LogP contribution in [0.4, 0.5) is 0 Å². The van der Waals surface area contributed by atoms with Gasteiger partial charge in [0.2, 0.25) is 11.8 Å². The Kier molecular flexibility index (Phi) is 4.55. The zero-order valence-electron chi connectivity index (χ0n) is 11.3. The SMILES string of the molecule is CC(=O)N(CCC(=O)NC1CC1)Cc1ccccc1. The summed E-state index contributed by atoms with van der Waals surface area (Å²) in [7, 11) is 0. The topological polar surface area (TPSA) is 49.4 Å². The largest absolute Gasteiger partial charge is 0.353 e. The molecule has 1 saturated carbocycles. The molecular weight excluding hydrogens is 240 g/mol. The van der Waals surface area contributed by atoms with Crippen LogP contribution >= 0.6 is 0 Å². The van der Waals surface area contributed by atoms with Crippen LogP contribution < -0.4 is 5.32 Å². The molecule has 0 bridgehead atoms. The van der Waals surface area contributed by atoms with Gasteiger partial charge < -0.3 is 10.2 Å². The van der Waals surface area contributed by atoms with Crippen LogP contribution in [-0.4, -0.2) is 29.3 Å². The van der Waals surface area contributed by atoms with Gasteiger partial charge in [-0.2, -0.15) is 0 Å². The summed E-state index contributed by atoms with van der Waals surface area (Å²) in [5.74, 6) is 0.0462. The Morgan fingerprint density at radius 2 is 1.95 bits per heavy atom. The summed E-state index contributed by atoms with van der Waals surface area (Å²) < 4.78 is 0. The lowest BCUT2D eigenvalue weighted by Gasteiger charge is -2.21. The number of nitrogens with one attached hydrogen (secondary N) is 1. The van der Waals surface area contributed by atoms with Gasteiger partial charge in [-0.05, 0) is 18.4 Å². The third-order valence-corrected chi connectivity index (χ3v) is 3.21. The molecule has 19 heavy (non-hydrogen) atoms. The highest BCUT2D eigenvalue weighted by Crippen LogP contribution is 2.18. The van der Waals surface area contributed by atoms with Crippen LogP contribution in [0.15, 0.2) is 30.3 Å². The molecule has 0 heterocycles. The highest BCUT2D eigenvalue weighted by atomic mass is 16.2. The van der Waals surface area contributed by atoms with Gasteiger partial charge in [0.1, 0.15) is 0 Å². The van der Waals surface area contributed by atoms with E-state index in [2.05, 4.69) is 5.32 Å². The summed E-state index contributed by atoms with van der Waals surface area (Å²) in [5, 5.41) is 2.94. The molecular formula is C15H20N2O2. The lowest BCUT2D eigenvalue weighted by molar-refractivity contribution is -0.130. The molecule has 1 aliphatic carbocycles. The lowest BCUT2D eigenvalue weighted by atomic mass is 10.2. The number of benzene rings is 1. The first kappa shape index (κ1) is 13.6. The third-order valence-electron chi connectivity index (χ3n) is 3.21. The van der Waals surface area contributed by atoms with Crippen LogP contribution in [0.1, 0.15) is 31.7 Å². The van der Waals surface area contributed by atoms with Gasteiger partial charge in [-0.15, -0.1) is 0 Å². The van der Waals surface area contributed by atoms with Gasteiger partial charge in [0.25, 0.3) is 0 Å². The minimum Gasteiger partial charge on any atom is -0.353 e. The first-order valence-corrected chi connectivity index (χ1v) is 6.74. The van der Waals surface area contributed by atoms with Crippen LogP contribution in [0.2, 0.25) is 0 Å². The zero-order chi connectivity index (χ0) is 13.7. The van der Waals surface area contributed by atoms with Crippen molar-refractivity contribution in [1.29, 1.82) is 0 Å². The van der Waals surface area contributed by atoms with Gasteiger partial charge >= 0.3 is 0 Å². The first-order chi connectivity index (χ1) is 9.15. The maximum Gasteiger partial charge on any atom is 0.221 e. The van der Waals surface area contributed by atoms with Crippen molar-refractivity contribution < 1.29 is 9.59 Å². The normalized spacial score (nSPS) is 13.9. The molecule has 1 fully saturated rings. The summed E-state index contributed by atoms with van der Waals surface area (Å²) in [6.07, 6.45) is 2.56. The molecule has 0 aromatic heterocycles. The van der Waals surface area contributed by atoms with Crippen molar-refractivity contribution in [3.8, 4) is 0 Å². The number of rotatable bonds is 6. The maximum absolute atomic E-state index is 11.6. The second kappa shape index (κ2) is 6.36. The van der Waals surface area contributed by atoms with Gasteiger partial charge in [-0.3, -0.25) is 9.59 Å². The van der Waals surface area contributed by atoms with Crippen LogP contribution in [0.25, 0.3) is 0 Å². The van der Waals surface area contributed by atoms with Crippen molar-refractivity contribution in [2.75, 3.05) is 6.54 Å². The standard InChI is InChI=1S/C15H20N2O2/c1-12(18)17(11-13-5-3-2-4-6-13)10-9-15(19)16-14-7-8-14/h2-6,14H,7-11H2,1H3,(H,16,19). The molecule has 2 rings (SSSR count). The molecule has 0 saturated heterocycles. The number of amides is 2. The average Bonchev–Trinajstić information content (AvgIpc) is 3.19. The molecule has 0 unspecified atom stereocenters. The van der Waals surface area contributed by atoms with Gasteiger partial charge in [-0.25, -0.2) is 0 Å². The fraction of sp³-hybridized carbons (Fsp3) is 0.467. The molecule has 1 N–H and O–H groups in total. The molecule has 1 aliphatic rings. The molecule has 0 radical (unpaired) electrons. The molecule has 102 valence electrons. The second-order valence-corrected chi connectivity index (χ2v) is 5.02. The highest BCUT2D eigenvalue weighted by Gasteiger charge is 2.23. The molecule has 0 spiro atoms. The zero-order valence-corrected chi connectivity index (χ0v) is 11.3. The van der Waals surface area contributed by atoms with Gasteiger partial charge in [0, 0.05) is 32.5 Å². The predicted octanol–water partition coefficient (Wildman–Crippen LogP) is 1.70. The van der Waals surface area contributed by atoms with E-state index in [1.807, 2.05) is 30.3 Å². The Balaban J connectivity index is 1.82. The molecule has 4 nitrogen and oxygen atoms in total. The summed E-state index contributed by atoms with van der Waals surface area (Å²) >= 11 is 0. The second-order valence-electron chi connectivity index (χ2n) is 5.02. The lowest BCUT2D eigenvalue weighted by Crippen LogP contribution is -2.34. The van der Waals surface area contributed by atoms with E-state index >= 15 is 0 Å². The van der Waals surface area contributed by atoms with E-state index in [-0.39, 0.29) is 11.8 Å². The highest BCUT2D eigenvalue weighted by molar-refractivity contribution is 5.78. The molecule has 1 aromatic carbocycles. The number of nitrogens with zero attached hydrogens (tertiary/aromatic N) is 1. The molecule has 4 heteroatoms.